The predicted molar refractivity (Wildman–Crippen MR) is 76.6 cm³/mol. The molecule has 0 aliphatic heterocycles. The van der Waals surface area contributed by atoms with E-state index >= 15 is 0 Å². The highest BCUT2D eigenvalue weighted by Crippen LogP contribution is 2.36. The molecule has 0 aromatic heterocycles. The molecule has 1 unspecified atom stereocenters. The first-order chi connectivity index (χ1) is 8.57. The first-order valence-electron chi connectivity index (χ1n) is 7.58. The monoisotopic (exact) mass is 254 g/mol. The largest absolute Gasteiger partial charge is 0.355 e. The molecule has 0 saturated heterocycles. The van der Waals surface area contributed by atoms with Crippen LogP contribution in [0.15, 0.2) is 0 Å². The van der Waals surface area contributed by atoms with Crippen molar-refractivity contribution in [1.29, 1.82) is 0 Å². The molecule has 1 saturated carbocycles. The minimum atomic E-state index is -0.0657. The predicted octanol–water partition coefficient (Wildman–Crippen LogP) is 2.85. The fraction of sp³-hybridized carbons (Fsp3) is 0.933. The van der Waals surface area contributed by atoms with E-state index in [-0.39, 0.29) is 11.9 Å². The number of carbonyl (C=O) groups is 1. The average molecular weight is 254 g/mol. The molecule has 2 N–H and O–H groups in total. The van der Waals surface area contributed by atoms with Crippen LogP contribution in [0.5, 0.6) is 0 Å². The van der Waals surface area contributed by atoms with E-state index in [0.29, 0.717) is 5.41 Å². The van der Waals surface area contributed by atoms with E-state index in [1.54, 1.807) is 0 Å². The molecule has 3 nitrogen and oxygen atoms in total. The van der Waals surface area contributed by atoms with Crippen LogP contribution in [0.3, 0.4) is 0 Å². The first-order valence-corrected chi connectivity index (χ1v) is 7.58. The van der Waals surface area contributed by atoms with Crippen molar-refractivity contribution in [3.8, 4) is 0 Å². The number of nitrogens with one attached hydrogen (secondary N) is 2. The third kappa shape index (κ3) is 5.38. The van der Waals surface area contributed by atoms with Gasteiger partial charge in [-0.05, 0) is 31.6 Å². The van der Waals surface area contributed by atoms with E-state index in [9.17, 15) is 4.79 Å². The highest BCUT2D eigenvalue weighted by Gasteiger charge is 2.29. The molecule has 1 aliphatic rings. The van der Waals surface area contributed by atoms with Gasteiger partial charge >= 0.3 is 0 Å². The molecular formula is C15H30N2O. The summed E-state index contributed by atoms with van der Waals surface area (Å²) < 4.78 is 0. The first kappa shape index (κ1) is 15.5. The number of amides is 1. The standard InChI is InChI=1S/C15H30N2O/c1-4-5-8-11-16-14(18)13(2)17-12-15(3)9-6-7-10-15/h13,17H,4-12H2,1-3H3,(H,16,18). The van der Waals surface area contributed by atoms with Crippen molar-refractivity contribution in [3.05, 3.63) is 0 Å². The van der Waals surface area contributed by atoms with Crippen LogP contribution in [-0.4, -0.2) is 25.0 Å². The third-order valence-corrected chi connectivity index (χ3v) is 4.12. The van der Waals surface area contributed by atoms with Crippen LogP contribution >= 0.6 is 0 Å². The zero-order chi connectivity index (χ0) is 13.4. The molecule has 3 heteroatoms. The molecule has 0 bridgehead atoms. The van der Waals surface area contributed by atoms with Gasteiger partial charge in [-0.3, -0.25) is 4.79 Å². The zero-order valence-electron chi connectivity index (χ0n) is 12.3. The topological polar surface area (TPSA) is 41.1 Å². The van der Waals surface area contributed by atoms with Gasteiger partial charge in [0.05, 0.1) is 6.04 Å². The summed E-state index contributed by atoms with van der Waals surface area (Å²) in [6.45, 7) is 8.26. The van der Waals surface area contributed by atoms with E-state index in [2.05, 4.69) is 24.5 Å². The minimum Gasteiger partial charge on any atom is -0.355 e. The molecule has 1 amide bonds. The smallest absolute Gasteiger partial charge is 0.236 e. The van der Waals surface area contributed by atoms with Crippen LogP contribution in [0.4, 0.5) is 0 Å². The summed E-state index contributed by atoms with van der Waals surface area (Å²) in [5.41, 5.74) is 0.413. The van der Waals surface area contributed by atoms with Crippen LogP contribution in [0.2, 0.25) is 0 Å². The summed E-state index contributed by atoms with van der Waals surface area (Å²) in [5.74, 6) is 0.146. The maximum Gasteiger partial charge on any atom is 0.236 e. The van der Waals surface area contributed by atoms with Crippen molar-refractivity contribution in [2.45, 2.75) is 71.8 Å². The molecule has 1 atom stereocenters. The van der Waals surface area contributed by atoms with Gasteiger partial charge < -0.3 is 10.6 Å². The Balaban J connectivity index is 2.15. The van der Waals surface area contributed by atoms with Crippen molar-refractivity contribution in [2.75, 3.05) is 13.1 Å². The second-order valence-electron chi connectivity index (χ2n) is 6.12. The lowest BCUT2D eigenvalue weighted by Crippen LogP contribution is -2.45. The minimum absolute atomic E-state index is 0.0657. The maximum atomic E-state index is 11.8. The Labute approximate surface area is 112 Å². The molecule has 0 heterocycles. The van der Waals surface area contributed by atoms with E-state index < -0.39 is 0 Å². The molecule has 1 aliphatic carbocycles. The fourth-order valence-corrected chi connectivity index (χ4v) is 2.64. The van der Waals surface area contributed by atoms with Crippen molar-refractivity contribution < 1.29 is 4.79 Å². The summed E-state index contributed by atoms with van der Waals surface area (Å²) in [5, 5.41) is 6.40. The number of rotatable bonds is 8. The van der Waals surface area contributed by atoms with Gasteiger partial charge in [0.1, 0.15) is 0 Å². The van der Waals surface area contributed by atoms with E-state index in [1.165, 1.54) is 38.5 Å². The summed E-state index contributed by atoms with van der Waals surface area (Å²) in [6.07, 6.45) is 8.76. The summed E-state index contributed by atoms with van der Waals surface area (Å²) in [4.78, 5) is 11.8. The normalized spacial score (nSPS) is 19.7. The molecular weight excluding hydrogens is 224 g/mol. The lowest BCUT2D eigenvalue weighted by Gasteiger charge is -2.26. The van der Waals surface area contributed by atoms with Crippen molar-refractivity contribution in [1.82, 2.24) is 10.6 Å². The number of carbonyl (C=O) groups excluding carboxylic acids is 1. The highest BCUT2D eigenvalue weighted by molar-refractivity contribution is 5.81. The van der Waals surface area contributed by atoms with Crippen molar-refractivity contribution in [2.24, 2.45) is 5.41 Å². The highest BCUT2D eigenvalue weighted by atomic mass is 16.2. The van der Waals surface area contributed by atoms with Crippen LogP contribution in [0, 0.1) is 5.41 Å². The number of hydrogen-bond donors (Lipinski definition) is 2. The van der Waals surface area contributed by atoms with Crippen LogP contribution < -0.4 is 10.6 Å². The zero-order valence-corrected chi connectivity index (χ0v) is 12.3. The Morgan fingerprint density at radius 3 is 2.56 bits per heavy atom. The van der Waals surface area contributed by atoms with Crippen LogP contribution in [0.25, 0.3) is 0 Å². The Bertz CT molecular complexity index is 247. The van der Waals surface area contributed by atoms with Gasteiger partial charge in [-0.2, -0.15) is 0 Å². The van der Waals surface area contributed by atoms with Gasteiger partial charge in [-0.1, -0.05) is 39.5 Å². The van der Waals surface area contributed by atoms with E-state index in [0.717, 1.165) is 19.5 Å². The molecule has 1 rings (SSSR count). The van der Waals surface area contributed by atoms with Crippen LogP contribution in [-0.2, 0) is 4.79 Å². The lowest BCUT2D eigenvalue weighted by molar-refractivity contribution is -0.122. The van der Waals surface area contributed by atoms with Crippen LogP contribution in [0.1, 0.15) is 65.7 Å². The second-order valence-corrected chi connectivity index (χ2v) is 6.12. The van der Waals surface area contributed by atoms with Crippen molar-refractivity contribution >= 4 is 5.91 Å². The quantitative estimate of drug-likeness (QED) is 0.654. The summed E-state index contributed by atoms with van der Waals surface area (Å²) in [6, 6.07) is -0.0657. The van der Waals surface area contributed by atoms with Gasteiger partial charge in [0.2, 0.25) is 5.91 Å². The van der Waals surface area contributed by atoms with Gasteiger partial charge in [-0.25, -0.2) is 0 Å². The fourth-order valence-electron chi connectivity index (χ4n) is 2.64. The Hall–Kier alpha value is -0.570. The lowest BCUT2D eigenvalue weighted by atomic mass is 9.88. The maximum absolute atomic E-state index is 11.8. The number of hydrogen-bond acceptors (Lipinski definition) is 2. The summed E-state index contributed by atoms with van der Waals surface area (Å²) >= 11 is 0. The molecule has 0 aromatic rings. The SMILES string of the molecule is CCCCCNC(=O)C(C)NCC1(C)CCCC1. The molecule has 1 fully saturated rings. The Morgan fingerprint density at radius 1 is 1.28 bits per heavy atom. The second kappa shape index (κ2) is 7.78. The molecule has 0 spiro atoms. The van der Waals surface area contributed by atoms with E-state index in [4.69, 9.17) is 0 Å². The van der Waals surface area contributed by atoms with Gasteiger partial charge in [-0.15, -0.1) is 0 Å². The molecule has 106 valence electrons. The molecule has 0 aromatic carbocycles. The summed E-state index contributed by atoms with van der Waals surface area (Å²) in [7, 11) is 0. The molecule has 18 heavy (non-hydrogen) atoms. The number of unbranched alkanes of at least 4 members (excludes halogenated alkanes) is 2. The van der Waals surface area contributed by atoms with Gasteiger partial charge in [0, 0.05) is 13.1 Å². The Morgan fingerprint density at radius 2 is 1.94 bits per heavy atom. The van der Waals surface area contributed by atoms with E-state index in [1.807, 2.05) is 6.92 Å². The van der Waals surface area contributed by atoms with Gasteiger partial charge in [0.15, 0.2) is 0 Å². The van der Waals surface area contributed by atoms with Gasteiger partial charge in [0.25, 0.3) is 0 Å². The van der Waals surface area contributed by atoms with Crippen molar-refractivity contribution in [3.63, 3.8) is 0 Å². The Kier molecular flexibility index (Phi) is 6.69. The molecule has 0 radical (unpaired) electrons. The third-order valence-electron chi connectivity index (χ3n) is 4.12. The average Bonchev–Trinajstić information content (AvgIpc) is 2.79.